The molecule has 0 spiro atoms. The number of rotatable bonds is 4. The van der Waals surface area contributed by atoms with Gasteiger partial charge in [0.2, 0.25) is 0 Å². The summed E-state index contributed by atoms with van der Waals surface area (Å²) < 4.78 is 5.51. The van der Waals surface area contributed by atoms with Crippen LogP contribution >= 0.6 is 0 Å². The van der Waals surface area contributed by atoms with E-state index in [0.29, 0.717) is 24.2 Å². The Bertz CT molecular complexity index is 744. The number of nitrogens with zero attached hydrogens (tertiary/aromatic N) is 1. The number of hydrogen-bond acceptors (Lipinski definition) is 4. The first-order valence-corrected chi connectivity index (χ1v) is 8.66. The SMILES string of the molecule is CCCCCc1cc(O)c2c(c1)OC(=O)[C@@]1(C#N)CC=C(C)C[C@@H]21. The van der Waals surface area contributed by atoms with Gasteiger partial charge in [-0.2, -0.15) is 5.26 Å². The highest BCUT2D eigenvalue weighted by molar-refractivity contribution is 5.87. The molecule has 1 N–H and O–H groups in total. The quantitative estimate of drug-likeness (QED) is 0.386. The molecule has 0 saturated heterocycles. The number of esters is 1. The third kappa shape index (κ3) is 2.58. The standard InChI is InChI=1S/C20H23NO3/c1-3-4-5-6-14-10-16(22)18-15-9-13(2)7-8-20(15,12-21)19(23)24-17(18)11-14/h7,10-11,15,22H,3-6,8-9H2,1-2H3/t15-,20+/m0/s1. The summed E-state index contributed by atoms with van der Waals surface area (Å²) in [4.78, 5) is 12.6. The first-order chi connectivity index (χ1) is 11.5. The summed E-state index contributed by atoms with van der Waals surface area (Å²) in [5.74, 6) is -0.257. The van der Waals surface area contributed by atoms with E-state index in [0.717, 1.165) is 36.8 Å². The zero-order valence-corrected chi connectivity index (χ0v) is 14.3. The topological polar surface area (TPSA) is 70.3 Å². The van der Waals surface area contributed by atoms with Gasteiger partial charge >= 0.3 is 5.97 Å². The first kappa shape index (κ1) is 16.6. The van der Waals surface area contributed by atoms with Gasteiger partial charge in [0.15, 0.2) is 5.41 Å². The molecule has 1 aromatic rings. The van der Waals surface area contributed by atoms with Crippen molar-refractivity contribution < 1.29 is 14.6 Å². The van der Waals surface area contributed by atoms with Gasteiger partial charge in [0.25, 0.3) is 0 Å². The molecule has 24 heavy (non-hydrogen) atoms. The van der Waals surface area contributed by atoms with Gasteiger partial charge in [0, 0.05) is 11.5 Å². The van der Waals surface area contributed by atoms with Gasteiger partial charge in [-0.15, -0.1) is 0 Å². The molecule has 3 rings (SSSR count). The second kappa shape index (κ2) is 6.32. The average molecular weight is 325 g/mol. The lowest BCUT2D eigenvalue weighted by Crippen LogP contribution is -2.44. The predicted octanol–water partition coefficient (Wildman–Crippen LogP) is 4.38. The van der Waals surface area contributed by atoms with Gasteiger partial charge in [-0.3, -0.25) is 0 Å². The van der Waals surface area contributed by atoms with Gasteiger partial charge in [-0.05, 0) is 50.3 Å². The number of ether oxygens (including phenoxy) is 1. The van der Waals surface area contributed by atoms with Crippen molar-refractivity contribution >= 4 is 5.97 Å². The van der Waals surface area contributed by atoms with Gasteiger partial charge in [-0.1, -0.05) is 31.4 Å². The van der Waals surface area contributed by atoms with E-state index in [1.165, 1.54) is 0 Å². The number of aryl methyl sites for hydroxylation is 1. The third-order valence-electron chi connectivity index (χ3n) is 5.26. The highest BCUT2D eigenvalue weighted by Gasteiger charge is 2.54. The lowest BCUT2D eigenvalue weighted by atomic mass is 9.63. The number of benzene rings is 1. The van der Waals surface area contributed by atoms with Crippen LogP contribution in [0.25, 0.3) is 0 Å². The number of fused-ring (bicyclic) bond motifs is 3. The molecular formula is C20H23NO3. The summed E-state index contributed by atoms with van der Waals surface area (Å²) in [5.41, 5.74) is 1.51. The van der Waals surface area contributed by atoms with E-state index in [9.17, 15) is 15.2 Å². The first-order valence-electron chi connectivity index (χ1n) is 8.66. The number of allylic oxidation sites excluding steroid dienone is 2. The Labute approximate surface area is 142 Å². The number of aromatic hydroxyl groups is 1. The smallest absolute Gasteiger partial charge is 0.332 e. The molecule has 0 amide bonds. The lowest BCUT2D eigenvalue weighted by Gasteiger charge is -2.40. The summed E-state index contributed by atoms with van der Waals surface area (Å²) in [6.07, 6.45) is 7.01. The molecule has 1 aromatic carbocycles. The normalized spacial score (nSPS) is 25.1. The molecule has 0 aromatic heterocycles. The van der Waals surface area contributed by atoms with E-state index < -0.39 is 11.4 Å². The molecule has 4 heteroatoms. The molecule has 0 fully saturated rings. The highest BCUT2D eigenvalue weighted by atomic mass is 16.5. The van der Waals surface area contributed by atoms with Crippen molar-refractivity contribution in [1.82, 2.24) is 0 Å². The van der Waals surface area contributed by atoms with Gasteiger partial charge < -0.3 is 9.84 Å². The third-order valence-corrected chi connectivity index (χ3v) is 5.26. The molecule has 0 bridgehead atoms. The molecule has 126 valence electrons. The number of nitriles is 1. The van der Waals surface area contributed by atoms with E-state index in [2.05, 4.69) is 13.0 Å². The minimum absolute atomic E-state index is 0.144. The van der Waals surface area contributed by atoms with E-state index >= 15 is 0 Å². The van der Waals surface area contributed by atoms with Crippen molar-refractivity contribution in [2.24, 2.45) is 5.41 Å². The summed E-state index contributed by atoms with van der Waals surface area (Å²) in [5, 5.41) is 20.3. The molecule has 1 aliphatic heterocycles. The maximum Gasteiger partial charge on any atom is 0.332 e. The molecule has 1 aliphatic carbocycles. The van der Waals surface area contributed by atoms with Gasteiger partial charge in [0.1, 0.15) is 11.5 Å². The Morgan fingerprint density at radius 3 is 2.92 bits per heavy atom. The number of phenols is 1. The molecule has 0 radical (unpaired) electrons. The maximum atomic E-state index is 12.6. The minimum atomic E-state index is -1.21. The number of unbranched alkanes of at least 4 members (excludes halogenated alkanes) is 2. The Morgan fingerprint density at radius 1 is 1.42 bits per heavy atom. The number of carbonyl (C=O) groups is 1. The monoisotopic (exact) mass is 325 g/mol. The molecule has 2 atom stereocenters. The van der Waals surface area contributed by atoms with Crippen molar-refractivity contribution in [2.75, 3.05) is 0 Å². The van der Waals surface area contributed by atoms with E-state index in [4.69, 9.17) is 4.74 Å². The maximum absolute atomic E-state index is 12.6. The van der Waals surface area contributed by atoms with Gasteiger partial charge in [0.05, 0.1) is 6.07 Å². The van der Waals surface area contributed by atoms with Crippen LogP contribution in [0.1, 0.15) is 63.0 Å². The van der Waals surface area contributed by atoms with Crippen LogP contribution in [-0.2, 0) is 11.2 Å². The zero-order chi connectivity index (χ0) is 17.3. The van der Waals surface area contributed by atoms with Crippen molar-refractivity contribution in [3.8, 4) is 17.6 Å². The largest absolute Gasteiger partial charge is 0.508 e. The van der Waals surface area contributed by atoms with Gasteiger partial charge in [-0.25, -0.2) is 4.79 Å². The highest BCUT2D eigenvalue weighted by Crippen LogP contribution is 2.55. The Morgan fingerprint density at radius 2 is 2.21 bits per heavy atom. The molecular weight excluding hydrogens is 302 g/mol. The average Bonchev–Trinajstić information content (AvgIpc) is 2.55. The molecule has 0 unspecified atom stereocenters. The second-order valence-electron chi connectivity index (χ2n) is 6.97. The second-order valence-corrected chi connectivity index (χ2v) is 6.97. The number of carbonyl (C=O) groups excluding carboxylic acids is 1. The number of hydrogen-bond donors (Lipinski definition) is 1. The fourth-order valence-corrected chi connectivity index (χ4v) is 3.82. The Balaban J connectivity index is 2.03. The van der Waals surface area contributed by atoms with Crippen LogP contribution in [0.15, 0.2) is 23.8 Å². The van der Waals surface area contributed by atoms with Crippen molar-refractivity contribution in [1.29, 1.82) is 5.26 Å². The molecule has 2 aliphatic rings. The van der Waals surface area contributed by atoms with Crippen molar-refractivity contribution in [2.45, 2.75) is 58.3 Å². The number of phenolic OH excluding ortho intramolecular Hbond substituents is 1. The summed E-state index contributed by atoms with van der Waals surface area (Å²) in [7, 11) is 0. The van der Waals surface area contributed by atoms with E-state index in [-0.39, 0.29) is 11.7 Å². The fraction of sp³-hybridized carbons (Fsp3) is 0.500. The Kier molecular flexibility index (Phi) is 4.36. The molecule has 1 heterocycles. The van der Waals surface area contributed by atoms with E-state index in [1.807, 2.05) is 19.1 Å². The van der Waals surface area contributed by atoms with Crippen LogP contribution in [0.2, 0.25) is 0 Å². The fourth-order valence-electron chi connectivity index (χ4n) is 3.82. The molecule has 0 saturated carbocycles. The van der Waals surface area contributed by atoms with Crippen molar-refractivity contribution in [3.63, 3.8) is 0 Å². The molecule has 4 nitrogen and oxygen atoms in total. The summed E-state index contributed by atoms with van der Waals surface area (Å²) in [6.45, 7) is 4.14. The predicted molar refractivity (Wildman–Crippen MR) is 90.7 cm³/mol. The van der Waals surface area contributed by atoms with Crippen molar-refractivity contribution in [3.05, 3.63) is 34.9 Å². The van der Waals surface area contributed by atoms with Crippen LogP contribution in [0.5, 0.6) is 11.5 Å². The van der Waals surface area contributed by atoms with Crippen LogP contribution in [-0.4, -0.2) is 11.1 Å². The zero-order valence-electron chi connectivity index (χ0n) is 14.3. The van der Waals surface area contributed by atoms with Crippen LogP contribution in [0.4, 0.5) is 0 Å². The van der Waals surface area contributed by atoms with Crippen LogP contribution in [0.3, 0.4) is 0 Å². The summed E-state index contributed by atoms with van der Waals surface area (Å²) in [6, 6.07) is 5.81. The Hall–Kier alpha value is -2.28. The minimum Gasteiger partial charge on any atom is -0.508 e. The van der Waals surface area contributed by atoms with Crippen LogP contribution in [0, 0.1) is 16.7 Å². The van der Waals surface area contributed by atoms with E-state index in [1.54, 1.807) is 6.07 Å². The summed E-state index contributed by atoms with van der Waals surface area (Å²) >= 11 is 0. The van der Waals surface area contributed by atoms with Crippen LogP contribution < -0.4 is 4.74 Å². The lowest BCUT2D eigenvalue weighted by molar-refractivity contribution is -0.145.